The topological polar surface area (TPSA) is 0 Å². The van der Waals surface area contributed by atoms with Crippen LogP contribution in [0.5, 0.6) is 0 Å². The predicted molar refractivity (Wildman–Crippen MR) is 64.6 cm³/mol. The quantitative estimate of drug-likeness (QED) is 0.513. The molecule has 4 atom stereocenters. The Morgan fingerprint density at radius 3 is 2.60 bits per heavy atom. The third kappa shape index (κ3) is 1.20. The highest BCUT2D eigenvalue weighted by molar-refractivity contribution is 5.34. The molecule has 0 amide bonds. The Hall–Kier alpha value is -0.260. The van der Waals surface area contributed by atoms with Crippen LogP contribution in [-0.2, 0) is 0 Å². The minimum Gasteiger partial charge on any atom is -0.0735 e. The molecule has 0 heterocycles. The summed E-state index contributed by atoms with van der Waals surface area (Å²) in [5.41, 5.74) is 4.31. The fraction of sp³-hybridized carbons (Fsp3) is 0.867. The van der Waals surface area contributed by atoms with E-state index in [1.807, 2.05) is 5.57 Å². The highest BCUT2D eigenvalue weighted by Gasteiger charge is 2.61. The maximum Gasteiger partial charge on any atom is -0.0110 e. The van der Waals surface area contributed by atoms with Gasteiger partial charge in [-0.2, -0.15) is 0 Å². The van der Waals surface area contributed by atoms with Gasteiger partial charge in [-0.3, -0.25) is 0 Å². The summed E-state index contributed by atoms with van der Waals surface area (Å²) in [4.78, 5) is 0. The van der Waals surface area contributed by atoms with Crippen molar-refractivity contribution in [3.05, 3.63) is 11.1 Å². The van der Waals surface area contributed by atoms with Crippen molar-refractivity contribution in [2.75, 3.05) is 0 Å². The van der Waals surface area contributed by atoms with Gasteiger partial charge in [-0.15, -0.1) is 0 Å². The number of allylic oxidation sites excluding steroid dienone is 2. The molecule has 0 N–H and O–H groups in total. The Morgan fingerprint density at radius 2 is 1.87 bits per heavy atom. The molecule has 0 nitrogen and oxygen atoms in total. The van der Waals surface area contributed by atoms with E-state index in [4.69, 9.17) is 0 Å². The Kier molecular flexibility index (Phi) is 1.92. The molecule has 0 aromatic heterocycles. The first-order chi connectivity index (χ1) is 7.03. The Balaban J connectivity index is 2.00. The van der Waals surface area contributed by atoms with Crippen molar-refractivity contribution in [2.45, 2.75) is 53.4 Å². The summed E-state index contributed by atoms with van der Waals surface area (Å²) >= 11 is 0. The molecule has 15 heavy (non-hydrogen) atoms. The summed E-state index contributed by atoms with van der Waals surface area (Å²) in [5, 5.41) is 0. The molecule has 0 aromatic rings. The van der Waals surface area contributed by atoms with Crippen molar-refractivity contribution < 1.29 is 0 Å². The summed E-state index contributed by atoms with van der Waals surface area (Å²) < 4.78 is 0. The smallest absolute Gasteiger partial charge is 0.0110 e. The van der Waals surface area contributed by atoms with Crippen molar-refractivity contribution in [1.82, 2.24) is 0 Å². The van der Waals surface area contributed by atoms with Crippen LogP contribution in [0.4, 0.5) is 0 Å². The van der Waals surface area contributed by atoms with E-state index < -0.39 is 0 Å². The molecule has 0 radical (unpaired) electrons. The largest absolute Gasteiger partial charge is 0.0735 e. The minimum absolute atomic E-state index is 0.638. The highest BCUT2D eigenvalue weighted by atomic mass is 14.7. The van der Waals surface area contributed by atoms with Crippen LogP contribution in [0.2, 0.25) is 0 Å². The van der Waals surface area contributed by atoms with Crippen molar-refractivity contribution in [2.24, 2.45) is 29.1 Å². The van der Waals surface area contributed by atoms with E-state index in [0.717, 1.165) is 23.7 Å². The van der Waals surface area contributed by atoms with E-state index >= 15 is 0 Å². The van der Waals surface area contributed by atoms with Gasteiger partial charge in [0.2, 0.25) is 0 Å². The zero-order valence-electron chi connectivity index (χ0n) is 10.6. The fourth-order valence-corrected chi connectivity index (χ4v) is 4.62. The lowest BCUT2D eigenvalue weighted by Gasteiger charge is -2.23. The molecule has 0 aromatic carbocycles. The van der Waals surface area contributed by atoms with Gasteiger partial charge in [-0.05, 0) is 61.7 Å². The molecular formula is C15H24. The van der Waals surface area contributed by atoms with Crippen LogP contribution in [0, 0.1) is 29.1 Å². The molecule has 2 saturated carbocycles. The Bertz CT molecular complexity index is 321. The van der Waals surface area contributed by atoms with Crippen molar-refractivity contribution in [3.63, 3.8) is 0 Å². The number of hydrogen-bond donors (Lipinski definition) is 0. The highest BCUT2D eigenvalue weighted by Crippen LogP contribution is 2.69. The lowest BCUT2D eigenvalue weighted by molar-refractivity contribution is 0.351. The maximum absolute atomic E-state index is 2.49. The number of hydrogen-bond acceptors (Lipinski definition) is 0. The van der Waals surface area contributed by atoms with Crippen LogP contribution in [0.15, 0.2) is 11.1 Å². The van der Waals surface area contributed by atoms with Gasteiger partial charge in [0.25, 0.3) is 0 Å². The van der Waals surface area contributed by atoms with E-state index in [-0.39, 0.29) is 0 Å². The Labute approximate surface area is 94.1 Å². The lowest BCUT2D eigenvalue weighted by atomic mass is 9.82. The van der Waals surface area contributed by atoms with E-state index in [1.165, 1.54) is 25.7 Å². The molecule has 0 spiro atoms. The number of fused-ring (bicyclic) bond motifs is 3. The van der Waals surface area contributed by atoms with E-state index in [9.17, 15) is 0 Å². The van der Waals surface area contributed by atoms with Gasteiger partial charge in [-0.25, -0.2) is 0 Å². The van der Waals surface area contributed by atoms with Crippen molar-refractivity contribution in [1.29, 1.82) is 0 Å². The van der Waals surface area contributed by atoms with Crippen LogP contribution in [0.3, 0.4) is 0 Å². The van der Waals surface area contributed by atoms with Gasteiger partial charge >= 0.3 is 0 Å². The monoisotopic (exact) mass is 204 g/mol. The molecule has 3 unspecified atom stereocenters. The third-order valence-corrected chi connectivity index (χ3v) is 5.73. The molecule has 2 fully saturated rings. The van der Waals surface area contributed by atoms with Crippen LogP contribution in [-0.4, -0.2) is 0 Å². The second-order valence-corrected chi connectivity index (χ2v) is 6.84. The Morgan fingerprint density at radius 1 is 1.13 bits per heavy atom. The zero-order chi connectivity index (χ0) is 10.8. The molecule has 0 bridgehead atoms. The van der Waals surface area contributed by atoms with Crippen LogP contribution < -0.4 is 0 Å². The summed E-state index contributed by atoms with van der Waals surface area (Å²) in [6.45, 7) is 9.88. The van der Waals surface area contributed by atoms with Crippen LogP contribution >= 0.6 is 0 Å². The van der Waals surface area contributed by atoms with E-state index in [1.54, 1.807) is 5.57 Å². The average molecular weight is 204 g/mol. The molecule has 3 aliphatic rings. The minimum atomic E-state index is 0.638. The molecule has 3 rings (SSSR count). The first-order valence-electron chi connectivity index (χ1n) is 6.73. The van der Waals surface area contributed by atoms with Gasteiger partial charge in [-0.1, -0.05) is 31.9 Å². The fourth-order valence-electron chi connectivity index (χ4n) is 4.62. The summed E-state index contributed by atoms with van der Waals surface area (Å²) in [7, 11) is 0. The van der Waals surface area contributed by atoms with Crippen molar-refractivity contribution >= 4 is 0 Å². The van der Waals surface area contributed by atoms with Gasteiger partial charge in [0, 0.05) is 0 Å². The van der Waals surface area contributed by atoms with Gasteiger partial charge in [0.1, 0.15) is 0 Å². The van der Waals surface area contributed by atoms with Gasteiger partial charge in [0.15, 0.2) is 0 Å². The standard InChI is InChI=1S/C15H24/c1-9-6-8-12-14(15(12,3)4)13-10(2)5-7-11(9)13/h9,11-12,14H,5-8H2,1-4H3/t9?,11-,12?,14?/m1/s1. The molecule has 0 aliphatic heterocycles. The average Bonchev–Trinajstić information content (AvgIpc) is 2.55. The molecule has 0 heteroatoms. The van der Waals surface area contributed by atoms with Crippen LogP contribution in [0.25, 0.3) is 0 Å². The molecule has 84 valence electrons. The second-order valence-electron chi connectivity index (χ2n) is 6.84. The van der Waals surface area contributed by atoms with Gasteiger partial charge in [0.05, 0.1) is 0 Å². The molecule has 3 aliphatic carbocycles. The zero-order valence-corrected chi connectivity index (χ0v) is 10.6. The summed E-state index contributed by atoms with van der Waals surface area (Å²) in [6, 6.07) is 0. The first-order valence-corrected chi connectivity index (χ1v) is 6.73. The third-order valence-electron chi connectivity index (χ3n) is 5.73. The summed E-state index contributed by atoms with van der Waals surface area (Å²) in [5.74, 6) is 3.91. The van der Waals surface area contributed by atoms with E-state index in [0.29, 0.717) is 5.41 Å². The summed E-state index contributed by atoms with van der Waals surface area (Å²) in [6.07, 6.45) is 5.82. The molecule has 0 saturated heterocycles. The first kappa shape index (κ1) is 9.93. The van der Waals surface area contributed by atoms with Crippen molar-refractivity contribution in [3.8, 4) is 0 Å². The predicted octanol–water partition coefficient (Wildman–Crippen LogP) is 4.42. The van der Waals surface area contributed by atoms with E-state index in [2.05, 4.69) is 27.7 Å². The van der Waals surface area contributed by atoms with Crippen LogP contribution in [0.1, 0.15) is 53.4 Å². The molecular weight excluding hydrogens is 180 g/mol. The van der Waals surface area contributed by atoms with Gasteiger partial charge < -0.3 is 0 Å². The second kappa shape index (κ2) is 2.90. The lowest BCUT2D eigenvalue weighted by Crippen LogP contribution is -2.13. The number of rotatable bonds is 0. The normalized spacial score (nSPS) is 47.2. The SMILES string of the molecule is CC1=C2C3C(CCC(C)[C@H]2CC1)C3(C)C. The maximum atomic E-state index is 2.49.